The van der Waals surface area contributed by atoms with Crippen LogP contribution >= 0.6 is 0 Å². The zero-order valence-corrected chi connectivity index (χ0v) is 9.72. The lowest BCUT2D eigenvalue weighted by molar-refractivity contribution is 0.310. The Morgan fingerprint density at radius 2 is 1.93 bits per heavy atom. The van der Waals surface area contributed by atoms with Crippen molar-refractivity contribution in [2.45, 2.75) is 39.7 Å². The maximum atomic E-state index is 8.64. The number of rotatable bonds is 7. The molecule has 0 rings (SSSR count). The predicted octanol–water partition coefficient (Wildman–Crippen LogP) is 1.20. The molecular formula is C10H23N3O. The standard InChI is InChI=1S/C10H23N3O/c1-5-6-11-7-8-12-10(3,4)9(2)13-14/h11-12,14H,5-8H2,1-4H3. The van der Waals surface area contributed by atoms with Gasteiger partial charge in [-0.3, -0.25) is 0 Å². The highest BCUT2D eigenvalue weighted by atomic mass is 16.4. The molecule has 0 aromatic heterocycles. The van der Waals surface area contributed by atoms with Crippen molar-refractivity contribution >= 4 is 5.71 Å². The number of hydrogen-bond acceptors (Lipinski definition) is 4. The molecule has 0 atom stereocenters. The molecule has 14 heavy (non-hydrogen) atoms. The van der Waals surface area contributed by atoms with Crippen LogP contribution in [-0.2, 0) is 0 Å². The van der Waals surface area contributed by atoms with Crippen molar-refractivity contribution in [3.05, 3.63) is 0 Å². The maximum absolute atomic E-state index is 8.64. The minimum absolute atomic E-state index is 0.233. The SMILES string of the molecule is CCCNCCNC(C)(C)C(C)=NO. The van der Waals surface area contributed by atoms with Gasteiger partial charge < -0.3 is 15.8 Å². The molecule has 0 unspecified atom stereocenters. The van der Waals surface area contributed by atoms with Crippen LogP contribution in [0.4, 0.5) is 0 Å². The number of nitrogens with one attached hydrogen (secondary N) is 2. The third kappa shape index (κ3) is 5.19. The van der Waals surface area contributed by atoms with E-state index in [2.05, 4.69) is 22.7 Å². The molecule has 0 aliphatic rings. The van der Waals surface area contributed by atoms with Crippen LogP contribution < -0.4 is 10.6 Å². The van der Waals surface area contributed by atoms with Crippen molar-refractivity contribution in [1.82, 2.24) is 10.6 Å². The first kappa shape index (κ1) is 13.4. The van der Waals surface area contributed by atoms with Crippen molar-refractivity contribution in [2.24, 2.45) is 5.16 Å². The Kier molecular flexibility index (Phi) is 6.49. The lowest BCUT2D eigenvalue weighted by atomic mass is 10.00. The normalized spacial score (nSPS) is 13.3. The summed E-state index contributed by atoms with van der Waals surface area (Å²) in [6.45, 7) is 10.8. The molecule has 84 valence electrons. The van der Waals surface area contributed by atoms with E-state index in [0.29, 0.717) is 5.71 Å². The summed E-state index contributed by atoms with van der Waals surface area (Å²) in [5, 5.41) is 18.5. The minimum Gasteiger partial charge on any atom is -0.411 e. The molecule has 0 bridgehead atoms. The van der Waals surface area contributed by atoms with Gasteiger partial charge >= 0.3 is 0 Å². The Morgan fingerprint density at radius 1 is 1.29 bits per heavy atom. The largest absolute Gasteiger partial charge is 0.411 e. The van der Waals surface area contributed by atoms with Crippen molar-refractivity contribution in [3.63, 3.8) is 0 Å². The fourth-order valence-electron chi connectivity index (χ4n) is 1.02. The van der Waals surface area contributed by atoms with Crippen LogP contribution in [0.3, 0.4) is 0 Å². The molecule has 0 saturated heterocycles. The van der Waals surface area contributed by atoms with E-state index in [1.54, 1.807) is 0 Å². The molecule has 0 spiro atoms. The quantitative estimate of drug-likeness (QED) is 0.251. The molecule has 0 aliphatic carbocycles. The maximum Gasteiger partial charge on any atom is 0.0734 e. The van der Waals surface area contributed by atoms with Gasteiger partial charge in [-0.15, -0.1) is 0 Å². The van der Waals surface area contributed by atoms with Gasteiger partial charge in [0.15, 0.2) is 0 Å². The summed E-state index contributed by atoms with van der Waals surface area (Å²) in [5.74, 6) is 0. The monoisotopic (exact) mass is 201 g/mol. The molecule has 0 aromatic carbocycles. The lowest BCUT2D eigenvalue weighted by Crippen LogP contribution is -2.48. The summed E-state index contributed by atoms with van der Waals surface area (Å²) >= 11 is 0. The molecule has 0 fully saturated rings. The number of oxime groups is 1. The van der Waals surface area contributed by atoms with E-state index >= 15 is 0 Å². The Labute approximate surface area is 86.8 Å². The van der Waals surface area contributed by atoms with Crippen LogP contribution in [0.1, 0.15) is 34.1 Å². The topological polar surface area (TPSA) is 56.7 Å². The van der Waals surface area contributed by atoms with E-state index in [1.165, 1.54) is 0 Å². The van der Waals surface area contributed by atoms with Crippen molar-refractivity contribution in [1.29, 1.82) is 0 Å². The van der Waals surface area contributed by atoms with E-state index in [9.17, 15) is 0 Å². The second-order valence-electron chi connectivity index (χ2n) is 3.99. The van der Waals surface area contributed by atoms with Crippen LogP contribution in [-0.4, -0.2) is 36.1 Å². The Bertz CT molecular complexity index is 178. The van der Waals surface area contributed by atoms with E-state index in [1.807, 2.05) is 20.8 Å². The Hall–Kier alpha value is -0.610. The fourth-order valence-corrected chi connectivity index (χ4v) is 1.02. The smallest absolute Gasteiger partial charge is 0.0734 e. The summed E-state index contributed by atoms with van der Waals surface area (Å²) in [6.07, 6.45) is 1.15. The predicted molar refractivity (Wildman–Crippen MR) is 60.1 cm³/mol. The van der Waals surface area contributed by atoms with Crippen LogP contribution in [0.25, 0.3) is 0 Å². The van der Waals surface area contributed by atoms with Gasteiger partial charge in [-0.1, -0.05) is 12.1 Å². The molecule has 4 nitrogen and oxygen atoms in total. The fraction of sp³-hybridized carbons (Fsp3) is 0.900. The van der Waals surface area contributed by atoms with E-state index in [0.717, 1.165) is 26.1 Å². The van der Waals surface area contributed by atoms with Gasteiger partial charge in [-0.25, -0.2) is 0 Å². The minimum atomic E-state index is -0.233. The molecule has 0 aliphatic heterocycles. The summed E-state index contributed by atoms with van der Waals surface area (Å²) < 4.78 is 0. The molecule has 0 saturated carbocycles. The first-order valence-corrected chi connectivity index (χ1v) is 5.19. The van der Waals surface area contributed by atoms with Gasteiger partial charge in [0.1, 0.15) is 0 Å². The third-order valence-corrected chi connectivity index (χ3v) is 2.35. The molecule has 0 aromatic rings. The highest BCUT2D eigenvalue weighted by Gasteiger charge is 2.20. The van der Waals surface area contributed by atoms with Gasteiger partial charge in [-0.05, 0) is 33.7 Å². The first-order valence-electron chi connectivity index (χ1n) is 5.19. The first-order chi connectivity index (χ1) is 6.54. The van der Waals surface area contributed by atoms with E-state index < -0.39 is 0 Å². The van der Waals surface area contributed by atoms with Crippen LogP contribution in [0.15, 0.2) is 5.16 Å². The summed E-state index contributed by atoms with van der Waals surface area (Å²) in [4.78, 5) is 0. The van der Waals surface area contributed by atoms with Gasteiger partial charge in [0.2, 0.25) is 0 Å². The van der Waals surface area contributed by atoms with E-state index in [4.69, 9.17) is 5.21 Å². The molecule has 3 N–H and O–H groups in total. The van der Waals surface area contributed by atoms with Gasteiger partial charge in [0, 0.05) is 13.1 Å². The van der Waals surface area contributed by atoms with Gasteiger partial charge in [0.05, 0.1) is 11.3 Å². The van der Waals surface area contributed by atoms with Crippen LogP contribution in [0.5, 0.6) is 0 Å². The van der Waals surface area contributed by atoms with E-state index in [-0.39, 0.29) is 5.54 Å². The molecular weight excluding hydrogens is 178 g/mol. The molecule has 0 heterocycles. The molecule has 4 heteroatoms. The average Bonchev–Trinajstić information content (AvgIpc) is 2.16. The van der Waals surface area contributed by atoms with Crippen molar-refractivity contribution in [2.75, 3.05) is 19.6 Å². The molecule has 0 amide bonds. The van der Waals surface area contributed by atoms with Crippen LogP contribution in [0.2, 0.25) is 0 Å². The zero-order valence-electron chi connectivity index (χ0n) is 9.72. The number of nitrogens with zero attached hydrogens (tertiary/aromatic N) is 1. The zero-order chi connectivity index (χ0) is 11.0. The summed E-state index contributed by atoms with van der Waals surface area (Å²) in [6, 6.07) is 0. The Morgan fingerprint density at radius 3 is 2.43 bits per heavy atom. The van der Waals surface area contributed by atoms with Crippen molar-refractivity contribution < 1.29 is 5.21 Å². The summed E-state index contributed by atoms with van der Waals surface area (Å²) in [7, 11) is 0. The van der Waals surface area contributed by atoms with Crippen LogP contribution in [0, 0.1) is 0 Å². The summed E-state index contributed by atoms with van der Waals surface area (Å²) in [5.41, 5.74) is 0.468. The highest BCUT2D eigenvalue weighted by Crippen LogP contribution is 2.03. The Balaban J connectivity index is 3.66. The number of hydrogen-bond donors (Lipinski definition) is 3. The highest BCUT2D eigenvalue weighted by molar-refractivity contribution is 5.90. The van der Waals surface area contributed by atoms with Crippen molar-refractivity contribution in [3.8, 4) is 0 Å². The lowest BCUT2D eigenvalue weighted by Gasteiger charge is -2.25. The van der Waals surface area contributed by atoms with Gasteiger partial charge in [-0.2, -0.15) is 0 Å². The second kappa shape index (κ2) is 6.79. The average molecular weight is 201 g/mol. The second-order valence-corrected chi connectivity index (χ2v) is 3.99. The molecule has 0 radical (unpaired) electrons. The van der Waals surface area contributed by atoms with Gasteiger partial charge in [0.25, 0.3) is 0 Å². The third-order valence-electron chi connectivity index (χ3n) is 2.35.